The van der Waals surface area contributed by atoms with Crippen molar-refractivity contribution in [1.82, 2.24) is 5.32 Å². The number of nitrogens with one attached hydrogen (secondary N) is 1. The van der Waals surface area contributed by atoms with Crippen LogP contribution in [0.4, 0.5) is 0 Å². The Balaban J connectivity index is 4.09. The van der Waals surface area contributed by atoms with E-state index in [2.05, 4.69) is 46.2 Å². The van der Waals surface area contributed by atoms with Gasteiger partial charge in [0.2, 0.25) is 0 Å². The molecular formula is C12H23N. The van der Waals surface area contributed by atoms with Crippen molar-refractivity contribution in [2.75, 3.05) is 0 Å². The summed E-state index contributed by atoms with van der Waals surface area (Å²) in [5.74, 6) is 0. The van der Waals surface area contributed by atoms with E-state index in [0.717, 1.165) is 12.1 Å². The second-order valence-electron chi connectivity index (χ2n) is 4.50. The van der Waals surface area contributed by atoms with Gasteiger partial charge in [0.25, 0.3) is 0 Å². The minimum atomic E-state index is 0.134. The highest BCUT2D eigenvalue weighted by molar-refractivity contribution is 5.06. The van der Waals surface area contributed by atoms with Gasteiger partial charge in [-0.25, -0.2) is 0 Å². The largest absolute Gasteiger partial charge is 0.382 e. The van der Waals surface area contributed by atoms with Gasteiger partial charge < -0.3 is 5.32 Å². The van der Waals surface area contributed by atoms with Crippen LogP contribution in [0.5, 0.6) is 0 Å². The molecule has 0 aliphatic rings. The zero-order chi connectivity index (χ0) is 10.5. The van der Waals surface area contributed by atoms with Crippen LogP contribution in [0.25, 0.3) is 0 Å². The van der Waals surface area contributed by atoms with E-state index >= 15 is 0 Å². The van der Waals surface area contributed by atoms with Crippen LogP contribution < -0.4 is 5.32 Å². The highest BCUT2D eigenvalue weighted by Gasteiger charge is 2.16. The first kappa shape index (κ1) is 12.3. The maximum Gasteiger partial charge on any atom is 0.0438 e. The third-order valence-electron chi connectivity index (χ3n) is 2.15. The highest BCUT2D eigenvalue weighted by Crippen LogP contribution is 2.21. The fourth-order valence-electron chi connectivity index (χ4n) is 1.00. The molecule has 0 radical (unpaired) electrons. The third kappa shape index (κ3) is 4.76. The van der Waals surface area contributed by atoms with Crippen LogP contribution in [0.3, 0.4) is 0 Å². The molecule has 0 heterocycles. The van der Waals surface area contributed by atoms with Crippen LogP contribution >= 0.6 is 0 Å². The molecule has 0 bridgehead atoms. The van der Waals surface area contributed by atoms with Gasteiger partial charge in [0.1, 0.15) is 0 Å². The summed E-state index contributed by atoms with van der Waals surface area (Å²) in [7, 11) is 0. The first-order valence-electron chi connectivity index (χ1n) is 5.00. The Morgan fingerprint density at radius 1 is 1.46 bits per heavy atom. The second-order valence-corrected chi connectivity index (χ2v) is 4.50. The van der Waals surface area contributed by atoms with Gasteiger partial charge >= 0.3 is 0 Å². The van der Waals surface area contributed by atoms with E-state index in [1.807, 2.05) is 6.08 Å². The predicted octanol–water partition coefficient (Wildman–Crippen LogP) is 3.49. The minimum absolute atomic E-state index is 0.134. The Bertz CT molecular complexity index is 174. The molecule has 0 aromatic heterocycles. The molecule has 76 valence electrons. The van der Waals surface area contributed by atoms with Gasteiger partial charge in [-0.3, -0.25) is 0 Å². The second kappa shape index (κ2) is 5.11. The lowest BCUT2D eigenvalue weighted by Crippen LogP contribution is -2.31. The van der Waals surface area contributed by atoms with Crippen LogP contribution in [-0.2, 0) is 0 Å². The normalized spacial score (nSPS) is 13.5. The summed E-state index contributed by atoms with van der Waals surface area (Å²) in [4.78, 5) is 0. The molecule has 13 heavy (non-hydrogen) atoms. The Hall–Kier alpha value is -0.720. The molecule has 0 aliphatic carbocycles. The lowest BCUT2D eigenvalue weighted by molar-refractivity contribution is 0.439. The van der Waals surface area contributed by atoms with Crippen LogP contribution in [-0.4, -0.2) is 6.04 Å². The fraction of sp³-hybridized carbons (Fsp3) is 0.667. The summed E-state index contributed by atoms with van der Waals surface area (Å²) < 4.78 is 0. The summed E-state index contributed by atoms with van der Waals surface area (Å²) in [6, 6.07) is 0.372. The molecule has 1 atom stereocenters. The Kier molecular flexibility index (Phi) is 4.82. The molecule has 1 N–H and O–H groups in total. The first-order chi connectivity index (χ1) is 5.91. The number of hydrogen-bond donors (Lipinski definition) is 1. The van der Waals surface area contributed by atoms with E-state index in [4.69, 9.17) is 0 Å². The Labute approximate surface area is 82.9 Å². The molecule has 0 aromatic carbocycles. The maximum atomic E-state index is 4.04. The smallest absolute Gasteiger partial charge is 0.0438 e. The van der Waals surface area contributed by atoms with Crippen LogP contribution in [0.15, 0.2) is 24.9 Å². The molecule has 0 saturated heterocycles. The molecule has 0 aliphatic heterocycles. The average molecular weight is 181 g/mol. The molecule has 0 aromatic rings. The third-order valence-corrected chi connectivity index (χ3v) is 2.15. The van der Waals surface area contributed by atoms with E-state index in [-0.39, 0.29) is 5.41 Å². The summed E-state index contributed by atoms with van der Waals surface area (Å²) in [6.07, 6.45) is 4.25. The van der Waals surface area contributed by atoms with E-state index in [9.17, 15) is 0 Å². The zero-order valence-electron chi connectivity index (χ0n) is 9.48. The number of hydrogen-bond acceptors (Lipinski definition) is 1. The topological polar surface area (TPSA) is 12.0 Å². The Morgan fingerprint density at radius 3 is 2.31 bits per heavy atom. The quantitative estimate of drug-likeness (QED) is 0.640. The fourth-order valence-corrected chi connectivity index (χ4v) is 1.00. The van der Waals surface area contributed by atoms with Crippen molar-refractivity contribution in [1.29, 1.82) is 0 Å². The van der Waals surface area contributed by atoms with Crippen LogP contribution in [0, 0.1) is 5.41 Å². The number of rotatable bonds is 5. The van der Waals surface area contributed by atoms with Crippen molar-refractivity contribution in [3.63, 3.8) is 0 Å². The van der Waals surface area contributed by atoms with Crippen LogP contribution in [0.2, 0.25) is 0 Å². The van der Waals surface area contributed by atoms with Crippen LogP contribution in [0.1, 0.15) is 40.5 Å². The molecule has 1 unspecified atom stereocenters. The van der Waals surface area contributed by atoms with Crippen molar-refractivity contribution in [2.24, 2.45) is 5.41 Å². The predicted molar refractivity (Wildman–Crippen MR) is 60.6 cm³/mol. The summed E-state index contributed by atoms with van der Waals surface area (Å²) in [5, 5.41) is 3.39. The van der Waals surface area contributed by atoms with Gasteiger partial charge in [0.05, 0.1) is 0 Å². The van der Waals surface area contributed by atoms with Gasteiger partial charge in [-0.2, -0.15) is 0 Å². The molecule has 0 spiro atoms. The van der Waals surface area contributed by atoms with Crippen molar-refractivity contribution in [2.45, 2.75) is 46.6 Å². The lowest BCUT2D eigenvalue weighted by atomic mass is 9.92. The zero-order valence-corrected chi connectivity index (χ0v) is 9.48. The summed E-state index contributed by atoms with van der Waals surface area (Å²) in [5.41, 5.74) is 1.22. The van der Waals surface area contributed by atoms with E-state index in [0.29, 0.717) is 6.04 Å². The highest BCUT2D eigenvalue weighted by atomic mass is 14.9. The van der Waals surface area contributed by atoms with E-state index < -0.39 is 0 Å². The first-order valence-corrected chi connectivity index (χ1v) is 5.00. The molecule has 0 saturated carbocycles. The molecule has 0 amide bonds. The van der Waals surface area contributed by atoms with Gasteiger partial charge in [0, 0.05) is 17.2 Å². The van der Waals surface area contributed by atoms with Crippen molar-refractivity contribution >= 4 is 0 Å². The van der Waals surface area contributed by atoms with Crippen molar-refractivity contribution in [3.8, 4) is 0 Å². The minimum Gasteiger partial charge on any atom is -0.382 e. The molecule has 1 nitrogen and oxygen atoms in total. The van der Waals surface area contributed by atoms with Gasteiger partial charge in [-0.1, -0.05) is 46.8 Å². The van der Waals surface area contributed by atoms with Gasteiger partial charge in [0.15, 0.2) is 0 Å². The summed E-state index contributed by atoms with van der Waals surface area (Å²) in [6.45, 7) is 16.5. The SMILES string of the molecule is C=CC(CCC)NC(=C)C(C)(C)C. The Morgan fingerprint density at radius 2 is 2.00 bits per heavy atom. The van der Waals surface area contributed by atoms with E-state index in [1.165, 1.54) is 6.42 Å². The molecular weight excluding hydrogens is 158 g/mol. The molecule has 0 fully saturated rings. The molecule has 1 heteroatoms. The van der Waals surface area contributed by atoms with Gasteiger partial charge in [-0.05, 0) is 6.42 Å². The molecule has 0 rings (SSSR count). The standard InChI is InChI=1S/C12H23N/c1-7-9-11(8-2)13-10(3)12(4,5)6/h8,11,13H,2-3,7,9H2,1,4-6H3. The lowest BCUT2D eigenvalue weighted by Gasteiger charge is -2.27. The van der Waals surface area contributed by atoms with E-state index in [1.54, 1.807) is 0 Å². The monoisotopic (exact) mass is 181 g/mol. The van der Waals surface area contributed by atoms with Crippen molar-refractivity contribution < 1.29 is 0 Å². The maximum absolute atomic E-state index is 4.04. The van der Waals surface area contributed by atoms with Crippen molar-refractivity contribution in [3.05, 3.63) is 24.9 Å². The van der Waals surface area contributed by atoms with Gasteiger partial charge in [-0.15, -0.1) is 6.58 Å². The average Bonchev–Trinajstić information content (AvgIpc) is 2.01. The number of allylic oxidation sites excluding steroid dienone is 1. The summed E-state index contributed by atoms with van der Waals surface area (Å²) >= 11 is 0.